The Balaban J connectivity index is 1.76. The summed E-state index contributed by atoms with van der Waals surface area (Å²) in [4.78, 5) is 15.0. The fraction of sp³-hybridized carbons (Fsp3) is 0.240. The summed E-state index contributed by atoms with van der Waals surface area (Å²) in [6.07, 6.45) is 5.94. The zero-order valence-corrected chi connectivity index (χ0v) is 19.8. The van der Waals surface area contributed by atoms with Gasteiger partial charge in [0.2, 0.25) is 0 Å². The van der Waals surface area contributed by atoms with Gasteiger partial charge >= 0.3 is 0 Å². The predicted octanol–water partition coefficient (Wildman–Crippen LogP) is 5.94. The summed E-state index contributed by atoms with van der Waals surface area (Å²) in [6, 6.07) is 17.9. The van der Waals surface area contributed by atoms with Crippen molar-refractivity contribution in [3.63, 3.8) is 0 Å². The van der Waals surface area contributed by atoms with Crippen LogP contribution in [0.15, 0.2) is 65.7 Å². The fourth-order valence-electron chi connectivity index (χ4n) is 3.41. The van der Waals surface area contributed by atoms with Crippen molar-refractivity contribution in [1.29, 1.82) is 0 Å². The molecule has 0 aliphatic carbocycles. The number of unbranched alkanes of at least 4 members (excludes halogenated alkanes) is 1. The molecule has 1 aliphatic rings. The lowest BCUT2D eigenvalue weighted by Crippen LogP contribution is -2.27. The first kappa shape index (κ1) is 22.3. The summed E-state index contributed by atoms with van der Waals surface area (Å²) in [5.74, 6) is 0.756. The smallest absolute Gasteiger partial charge is 0.266 e. The van der Waals surface area contributed by atoms with Gasteiger partial charge in [-0.15, -0.1) is 0 Å². The van der Waals surface area contributed by atoms with E-state index in [1.807, 2.05) is 78.5 Å². The summed E-state index contributed by atoms with van der Waals surface area (Å²) < 4.78 is 8.33. The second kappa shape index (κ2) is 10.1. The van der Waals surface area contributed by atoms with Crippen LogP contribution in [-0.4, -0.2) is 38.1 Å². The van der Waals surface area contributed by atoms with Gasteiger partial charge in [0.15, 0.2) is 0 Å². The number of para-hydroxylation sites is 1. The maximum Gasteiger partial charge on any atom is 0.266 e. The number of nitrogens with zero attached hydrogens (tertiary/aromatic N) is 3. The molecule has 0 atom stereocenters. The average molecular weight is 464 g/mol. The van der Waals surface area contributed by atoms with Gasteiger partial charge in [-0.1, -0.05) is 67.7 Å². The molecule has 5 nitrogen and oxygen atoms in total. The largest absolute Gasteiger partial charge is 0.494 e. The Labute approximate surface area is 198 Å². The van der Waals surface area contributed by atoms with E-state index in [9.17, 15) is 4.79 Å². The molecule has 32 heavy (non-hydrogen) atoms. The molecule has 0 N–H and O–H groups in total. The van der Waals surface area contributed by atoms with Gasteiger partial charge in [0, 0.05) is 23.9 Å². The number of rotatable bonds is 8. The monoisotopic (exact) mass is 463 g/mol. The second-order valence-corrected chi connectivity index (χ2v) is 9.04. The zero-order valence-electron chi connectivity index (χ0n) is 18.2. The van der Waals surface area contributed by atoms with E-state index in [0.29, 0.717) is 22.4 Å². The van der Waals surface area contributed by atoms with Crippen LogP contribution in [0, 0.1) is 0 Å². The highest BCUT2D eigenvalue weighted by atomic mass is 32.2. The van der Waals surface area contributed by atoms with Crippen LogP contribution in [-0.2, 0) is 4.79 Å². The highest BCUT2D eigenvalue weighted by Gasteiger charge is 2.31. The molecule has 1 fully saturated rings. The Morgan fingerprint density at radius 1 is 1.12 bits per heavy atom. The normalized spacial score (nSPS) is 15.1. The molecule has 0 radical (unpaired) electrons. The number of hydrogen-bond acceptors (Lipinski definition) is 5. The molecule has 0 unspecified atom stereocenters. The van der Waals surface area contributed by atoms with Gasteiger partial charge in [-0.3, -0.25) is 9.69 Å². The maximum atomic E-state index is 12.8. The number of thiocarbonyl (C=S) groups is 1. The van der Waals surface area contributed by atoms with E-state index in [-0.39, 0.29) is 5.91 Å². The van der Waals surface area contributed by atoms with E-state index in [1.54, 1.807) is 4.90 Å². The van der Waals surface area contributed by atoms with Crippen molar-refractivity contribution in [3.05, 3.63) is 71.3 Å². The molecule has 0 saturated carbocycles. The second-order valence-electron chi connectivity index (χ2n) is 7.37. The van der Waals surface area contributed by atoms with Gasteiger partial charge in [-0.2, -0.15) is 5.10 Å². The van der Waals surface area contributed by atoms with Gasteiger partial charge in [0.1, 0.15) is 15.8 Å². The van der Waals surface area contributed by atoms with Crippen LogP contribution in [0.1, 0.15) is 32.3 Å². The Bertz CT molecular complexity index is 1160. The van der Waals surface area contributed by atoms with E-state index >= 15 is 0 Å². The fourth-order valence-corrected chi connectivity index (χ4v) is 4.79. The topological polar surface area (TPSA) is 47.4 Å². The number of carbonyl (C=O) groups excluding carboxylic acids is 1. The molecule has 7 heteroatoms. The van der Waals surface area contributed by atoms with Crippen LogP contribution in [0.25, 0.3) is 23.0 Å². The summed E-state index contributed by atoms with van der Waals surface area (Å²) in [5, 5.41) is 4.86. The van der Waals surface area contributed by atoms with Crippen LogP contribution in [0.4, 0.5) is 0 Å². The number of hydrogen-bond donors (Lipinski definition) is 0. The summed E-state index contributed by atoms with van der Waals surface area (Å²) >= 11 is 6.71. The Hall–Kier alpha value is -2.90. The molecule has 164 valence electrons. The van der Waals surface area contributed by atoms with E-state index in [0.717, 1.165) is 41.1 Å². The number of aromatic nitrogens is 2. The SMILES string of the molecule is CCCCOc1cccc(-c2nn(-c3ccccc3)cc2/C=C2\SC(=S)N(CC)C2=O)c1. The minimum atomic E-state index is -0.0578. The zero-order chi connectivity index (χ0) is 22.5. The molecule has 4 rings (SSSR count). The first-order valence-corrected chi connectivity index (χ1v) is 12.0. The number of carbonyl (C=O) groups is 1. The quantitative estimate of drug-likeness (QED) is 0.235. The molecule has 3 aromatic rings. The lowest BCUT2D eigenvalue weighted by molar-refractivity contribution is -0.121. The van der Waals surface area contributed by atoms with E-state index in [4.69, 9.17) is 22.1 Å². The van der Waals surface area contributed by atoms with Gasteiger partial charge < -0.3 is 4.74 Å². The van der Waals surface area contributed by atoms with Crippen LogP contribution < -0.4 is 4.74 Å². The first-order valence-electron chi connectivity index (χ1n) is 10.7. The van der Waals surface area contributed by atoms with Crippen LogP contribution >= 0.6 is 24.0 Å². The van der Waals surface area contributed by atoms with Gasteiger partial charge in [0.25, 0.3) is 5.91 Å². The minimum absolute atomic E-state index is 0.0578. The third-order valence-electron chi connectivity index (χ3n) is 5.11. The summed E-state index contributed by atoms with van der Waals surface area (Å²) in [6.45, 7) is 5.32. The van der Waals surface area contributed by atoms with Crippen LogP contribution in [0.2, 0.25) is 0 Å². The van der Waals surface area contributed by atoms with Crippen molar-refractivity contribution < 1.29 is 9.53 Å². The first-order chi connectivity index (χ1) is 15.6. The standard InChI is InChI=1S/C25H25N3O2S2/c1-3-5-14-30-21-13-9-10-18(15-21)23-19(16-22-24(29)27(4-2)25(31)32-22)17-28(26-23)20-11-7-6-8-12-20/h6-13,15-17H,3-5,14H2,1-2H3/b22-16-. The van der Waals surface area contributed by atoms with Gasteiger partial charge in [0.05, 0.1) is 17.2 Å². The third kappa shape index (κ3) is 4.79. The highest BCUT2D eigenvalue weighted by molar-refractivity contribution is 8.26. The van der Waals surface area contributed by atoms with Crippen molar-refractivity contribution in [3.8, 4) is 22.7 Å². The predicted molar refractivity (Wildman–Crippen MR) is 135 cm³/mol. The number of thioether (sulfide) groups is 1. The third-order valence-corrected chi connectivity index (χ3v) is 6.49. The Morgan fingerprint density at radius 3 is 2.66 bits per heavy atom. The molecule has 1 amide bonds. The van der Waals surface area contributed by atoms with Crippen LogP contribution in [0.5, 0.6) is 5.75 Å². The molecule has 1 saturated heterocycles. The summed E-state index contributed by atoms with van der Waals surface area (Å²) in [5.41, 5.74) is 3.53. The summed E-state index contributed by atoms with van der Waals surface area (Å²) in [7, 11) is 0. The van der Waals surface area contributed by atoms with Gasteiger partial charge in [-0.25, -0.2) is 4.68 Å². The van der Waals surface area contributed by atoms with E-state index in [2.05, 4.69) is 6.92 Å². The van der Waals surface area contributed by atoms with Crippen molar-refractivity contribution in [2.24, 2.45) is 0 Å². The Morgan fingerprint density at radius 2 is 1.94 bits per heavy atom. The molecule has 1 aromatic heterocycles. The lowest BCUT2D eigenvalue weighted by Gasteiger charge is -2.09. The Kier molecular flexibility index (Phi) is 7.07. The molecule has 1 aliphatic heterocycles. The van der Waals surface area contributed by atoms with Crippen molar-refractivity contribution in [2.45, 2.75) is 26.7 Å². The molecular formula is C25H25N3O2S2. The van der Waals surface area contributed by atoms with Crippen molar-refractivity contribution in [2.75, 3.05) is 13.2 Å². The minimum Gasteiger partial charge on any atom is -0.494 e. The molecule has 0 bridgehead atoms. The number of ether oxygens (including phenoxy) is 1. The van der Waals surface area contributed by atoms with Crippen molar-refractivity contribution in [1.82, 2.24) is 14.7 Å². The number of amides is 1. The van der Waals surface area contributed by atoms with Crippen LogP contribution in [0.3, 0.4) is 0 Å². The maximum absolute atomic E-state index is 12.8. The van der Waals surface area contributed by atoms with Gasteiger partial charge in [-0.05, 0) is 43.7 Å². The molecule has 2 aromatic carbocycles. The molecule has 0 spiro atoms. The highest BCUT2D eigenvalue weighted by Crippen LogP contribution is 2.35. The molecular weight excluding hydrogens is 438 g/mol. The van der Waals surface area contributed by atoms with Crippen molar-refractivity contribution >= 4 is 40.3 Å². The average Bonchev–Trinajstić information content (AvgIpc) is 3.35. The number of likely N-dealkylation sites (N-methyl/N-ethyl adjacent to an activating group) is 1. The van der Waals surface area contributed by atoms with E-state index in [1.165, 1.54) is 11.8 Å². The number of benzene rings is 2. The lowest BCUT2D eigenvalue weighted by atomic mass is 10.1. The molecule has 2 heterocycles. The van der Waals surface area contributed by atoms with E-state index < -0.39 is 0 Å².